The summed E-state index contributed by atoms with van der Waals surface area (Å²) in [5.41, 5.74) is 3.72. The molecule has 2 amide bonds. The van der Waals surface area contributed by atoms with Gasteiger partial charge in [-0.25, -0.2) is 0 Å². The number of amides is 2. The minimum Gasteiger partial charge on any atom is -0.369 e. The quantitative estimate of drug-likeness (QED) is 0.834. The highest BCUT2D eigenvalue weighted by atomic mass is 16.2. The molecule has 3 heterocycles. The molecule has 0 saturated carbocycles. The van der Waals surface area contributed by atoms with Crippen LogP contribution in [0.5, 0.6) is 0 Å². The number of piperidine rings is 2. The van der Waals surface area contributed by atoms with Crippen molar-refractivity contribution in [1.82, 2.24) is 10.3 Å². The Kier molecular flexibility index (Phi) is 4.15. The standard InChI is InChI=1S/C17H21N3O3/c1-10-9-14(13-3-4-15(22)19-17(13)23)18-11(2)16(10)20-7-5-12(21)6-8-20/h9,13H,3-8H2,1-2H3,(H,19,22,23). The highest BCUT2D eigenvalue weighted by Crippen LogP contribution is 2.31. The smallest absolute Gasteiger partial charge is 0.235 e. The van der Waals surface area contributed by atoms with E-state index < -0.39 is 0 Å². The first-order valence-corrected chi connectivity index (χ1v) is 8.04. The van der Waals surface area contributed by atoms with Crippen LogP contribution in [-0.2, 0) is 14.4 Å². The predicted octanol–water partition coefficient (Wildman–Crippen LogP) is 1.39. The maximum Gasteiger partial charge on any atom is 0.235 e. The van der Waals surface area contributed by atoms with Crippen LogP contribution in [0.1, 0.15) is 48.6 Å². The summed E-state index contributed by atoms with van der Waals surface area (Å²) in [6.45, 7) is 5.39. The number of hydrogen-bond acceptors (Lipinski definition) is 5. The first-order valence-electron chi connectivity index (χ1n) is 8.04. The van der Waals surface area contributed by atoms with Crippen molar-refractivity contribution in [3.63, 3.8) is 0 Å². The summed E-state index contributed by atoms with van der Waals surface area (Å²) in [6, 6.07) is 1.94. The lowest BCUT2D eigenvalue weighted by molar-refractivity contribution is -0.134. The zero-order chi connectivity index (χ0) is 16.6. The second-order valence-corrected chi connectivity index (χ2v) is 6.33. The molecule has 2 aliphatic rings. The molecule has 1 aromatic heterocycles. The van der Waals surface area contributed by atoms with Crippen LogP contribution in [0.4, 0.5) is 5.69 Å². The van der Waals surface area contributed by atoms with E-state index in [9.17, 15) is 14.4 Å². The fourth-order valence-electron chi connectivity index (χ4n) is 3.47. The third-order valence-corrected chi connectivity index (χ3v) is 4.61. The second-order valence-electron chi connectivity index (χ2n) is 6.33. The van der Waals surface area contributed by atoms with Crippen molar-refractivity contribution in [1.29, 1.82) is 0 Å². The summed E-state index contributed by atoms with van der Waals surface area (Å²) in [7, 11) is 0. The molecule has 0 radical (unpaired) electrons. The maximum atomic E-state index is 12.0. The Bertz CT molecular complexity index is 651. The predicted molar refractivity (Wildman–Crippen MR) is 85.3 cm³/mol. The molecular formula is C17H21N3O3. The number of hydrogen-bond donors (Lipinski definition) is 1. The average Bonchev–Trinajstić information content (AvgIpc) is 2.48. The van der Waals surface area contributed by atoms with Gasteiger partial charge >= 0.3 is 0 Å². The van der Waals surface area contributed by atoms with E-state index in [0.29, 0.717) is 31.5 Å². The third kappa shape index (κ3) is 3.11. The number of anilines is 1. The summed E-state index contributed by atoms with van der Waals surface area (Å²) >= 11 is 0. The Balaban J connectivity index is 1.87. The molecule has 0 spiro atoms. The van der Waals surface area contributed by atoms with Crippen molar-refractivity contribution in [3.8, 4) is 0 Å². The molecule has 6 nitrogen and oxygen atoms in total. The minimum atomic E-state index is -0.359. The number of nitrogens with zero attached hydrogens (tertiary/aromatic N) is 2. The van der Waals surface area contributed by atoms with Gasteiger partial charge in [-0.15, -0.1) is 0 Å². The molecule has 3 rings (SSSR count). The van der Waals surface area contributed by atoms with Crippen LogP contribution in [0.2, 0.25) is 0 Å². The highest BCUT2D eigenvalue weighted by molar-refractivity contribution is 6.00. The number of pyridine rings is 1. The molecule has 0 aliphatic carbocycles. The number of carbonyl (C=O) groups excluding carboxylic acids is 3. The van der Waals surface area contributed by atoms with Gasteiger partial charge in [0.2, 0.25) is 11.8 Å². The van der Waals surface area contributed by atoms with E-state index in [0.717, 1.165) is 35.7 Å². The van der Waals surface area contributed by atoms with Crippen LogP contribution in [0, 0.1) is 13.8 Å². The normalized spacial score (nSPS) is 22.3. The van der Waals surface area contributed by atoms with Crippen LogP contribution in [-0.4, -0.2) is 35.7 Å². The molecule has 6 heteroatoms. The van der Waals surface area contributed by atoms with Gasteiger partial charge in [0, 0.05) is 32.4 Å². The molecule has 2 fully saturated rings. The third-order valence-electron chi connectivity index (χ3n) is 4.61. The fraction of sp³-hybridized carbons (Fsp3) is 0.529. The summed E-state index contributed by atoms with van der Waals surface area (Å²) in [4.78, 5) is 41.6. The van der Waals surface area contributed by atoms with Gasteiger partial charge < -0.3 is 4.90 Å². The lowest BCUT2D eigenvalue weighted by Crippen LogP contribution is -2.40. The summed E-state index contributed by atoms with van der Waals surface area (Å²) in [5, 5.41) is 2.38. The van der Waals surface area contributed by atoms with Crippen molar-refractivity contribution in [3.05, 3.63) is 23.0 Å². The van der Waals surface area contributed by atoms with Gasteiger partial charge in [0.25, 0.3) is 0 Å². The SMILES string of the molecule is Cc1cc(C2CCC(=O)NC2=O)nc(C)c1N1CCC(=O)CC1. The molecule has 2 aliphatic heterocycles. The molecule has 0 aromatic carbocycles. The number of rotatable bonds is 2. The van der Waals surface area contributed by atoms with Gasteiger partial charge in [0.1, 0.15) is 5.78 Å². The Labute approximate surface area is 135 Å². The van der Waals surface area contributed by atoms with E-state index in [1.54, 1.807) is 0 Å². The van der Waals surface area contributed by atoms with Crippen molar-refractivity contribution in [2.75, 3.05) is 18.0 Å². The van der Waals surface area contributed by atoms with Gasteiger partial charge in [-0.3, -0.25) is 24.7 Å². The van der Waals surface area contributed by atoms with Crippen LogP contribution in [0.25, 0.3) is 0 Å². The van der Waals surface area contributed by atoms with Crippen LogP contribution in [0.3, 0.4) is 0 Å². The number of aryl methyl sites for hydroxylation is 2. The first-order chi connectivity index (χ1) is 11.0. The second kappa shape index (κ2) is 6.10. The summed E-state index contributed by atoms with van der Waals surface area (Å²) in [5.74, 6) is -0.523. The lowest BCUT2D eigenvalue weighted by atomic mass is 9.92. The molecular weight excluding hydrogens is 294 g/mol. The minimum absolute atomic E-state index is 0.214. The van der Waals surface area contributed by atoms with Crippen LogP contribution < -0.4 is 10.2 Å². The molecule has 1 unspecified atom stereocenters. The van der Waals surface area contributed by atoms with E-state index >= 15 is 0 Å². The summed E-state index contributed by atoms with van der Waals surface area (Å²) < 4.78 is 0. The van der Waals surface area contributed by atoms with Gasteiger partial charge in [0.05, 0.1) is 23.0 Å². The molecule has 1 N–H and O–H groups in total. The number of ketones is 1. The number of carbonyl (C=O) groups is 3. The molecule has 2 saturated heterocycles. The molecule has 1 aromatic rings. The van der Waals surface area contributed by atoms with Crippen molar-refractivity contribution in [2.24, 2.45) is 0 Å². The lowest BCUT2D eigenvalue weighted by Gasteiger charge is -2.31. The van der Waals surface area contributed by atoms with E-state index in [4.69, 9.17) is 0 Å². The Morgan fingerprint density at radius 1 is 1.13 bits per heavy atom. The number of nitrogens with one attached hydrogen (secondary N) is 1. The fourth-order valence-corrected chi connectivity index (χ4v) is 3.47. The molecule has 122 valence electrons. The van der Waals surface area contributed by atoms with Crippen molar-refractivity contribution >= 4 is 23.3 Å². The van der Waals surface area contributed by atoms with Crippen molar-refractivity contribution < 1.29 is 14.4 Å². The van der Waals surface area contributed by atoms with Gasteiger partial charge in [-0.1, -0.05) is 0 Å². The van der Waals surface area contributed by atoms with E-state index in [1.807, 2.05) is 19.9 Å². The number of aromatic nitrogens is 1. The average molecular weight is 315 g/mol. The Morgan fingerprint density at radius 3 is 2.43 bits per heavy atom. The van der Waals surface area contributed by atoms with Crippen LogP contribution in [0.15, 0.2) is 6.07 Å². The van der Waals surface area contributed by atoms with Crippen molar-refractivity contribution in [2.45, 2.75) is 45.4 Å². The van der Waals surface area contributed by atoms with E-state index in [1.165, 1.54) is 0 Å². The largest absolute Gasteiger partial charge is 0.369 e. The maximum absolute atomic E-state index is 12.0. The number of imide groups is 1. The topological polar surface area (TPSA) is 79.4 Å². The van der Waals surface area contributed by atoms with Gasteiger partial charge in [-0.05, 0) is 31.9 Å². The van der Waals surface area contributed by atoms with Crippen LogP contribution >= 0.6 is 0 Å². The molecule has 1 atom stereocenters. The monoisotopic (exact) mass is 315 g/mol. The highest BCUT2D eigenvalue weighted by Gasteiger charge is 2.30. The van der Waals surface area contributed by atoms with Gasteiger partial charge in [0.15, 0.2) is 0 Å². The number of Topliss-reactive ketones (excluding diaryl/α,β-unsaturated/α-hetero) is 1. The Hall–Kier alpha value is -2.24. The first kappa shape index (κ1) is 15.6. The van der Waals surface area contributed by atoms with E-state index in [-0.39, 0.29) is 17.7 Å². The van der Waals surface area contributed by atoms with Gasteiger partial charge in [-0.2, -0.15) is 0 Å². The van der Waals surface area contributed by atoms with E-state index in [2.05, 4.69) is 15.2 Å². The molecule has 0 bridgehead atoms. The Morgan fingerprint density at radius 2 is 1.83 bits per heavy atom. The summed E-state index contributed by atoms with van der Waals surface area (Å²) in [6.07, 6.45) is 2.02. The molecule has 23 heavy (non-hydrogen) atoms. The zero-order valence-electron chi connectivity index (χ0n) is 13.5. The zero-order valence-corrected chi connectivity index (χ0v) is 13.5.